The molecule has 0 amide bonds. The van der Waals surface area contributed by atoms with Gasteiger partial charge < -0.3 is 5.32 Å². The van der Waals surface area contributed by atoms with Gasteiger partial charge in [0.2, 0.25) is 10.0 Å². The molecule has 3 rings (SSSR count). The Kier molecular flexibility index (Phi) is 4.62. The smallest absolute Gasteiger partial charge is 0.218 e. The largest absolute Gasteiger partial charge is 0.314 e. The topological polar surface area (TPSA) is 49.4 Å². The van der Waals surface area contributed by atoms with Crippen molar-refractivity contribution in [1.29, 1.82) is 0 Å². The van der Waals surface area contributed by atoms with E-state index in [1.165, 1.54) is 12.8 Å². The number of hydrogen-bond donors (Lipinski definition) is 1. The summed E-state index contributed by atoms with van der Waals surface area (Å²) >= 11 is 0. The van der Waals surface area contributed by atoms with E-state index in [0.29, 0.717) is 19.0 Å². The Bertz CT molecular complexity index is 547. The number of rotatable bonds is 6. The molecule has 1 heterocycles. The molecule has 1 aliphatic heterocycles. The molecule has 1 saturated carbocycles. The van der Waals surface area contributed by atoms with Gasteiger partial charge in [0, 0.05) is 19.1 Å². The van der Waals surface area contributed by atoms with Gasteiger partial charge in [-0.1, -0.05) is 30.3 Å². The normalized spacial score (nSPS) is 21.5. The standard InChI is InChI=1S/C16H24N2O2S/c19-21(20,13-15-4-2-1-3-5-15)18-10-8-14(9-11-18)12-17-16-6-7-16/h1-5,14,16-17H,6-13H2. The van der Waals surface area contributed by atoms with E-state index in [0.717, 1.165) is 31.0 Å². The second-order valence-corrected chi connectivity index (χ2v) is 8.24. The van der Waals surface area contributed by atoms with Crippen molar-refractivity contribution in [2.24, 2.45) is 5.92 Å². The highest BCUT2D eigenvalue weighted by Crippen LogP contribution is 2.23. The predicted molar refractivity (Wildman–Crippen MR) is 84.4 cm³/mol. The van der Waals surface area contributed by atoms with E-state index < -0.39 is 10.0 Å². The number of benzene rings is 1. The summed E-state index contributed by atoms with van der Waals surface area (Å²) < 4.78 is 26.6. The van der Waals surface area contributed by atoms with E-state index in [2.05, 4.69) is 5.32 Å². The Morgan fingerprint density at radius 2 is 1.71 bits per heavy atom. The van der Waals surface area contributed by atoms with Crippen LogP contribution in [0.5, 0.6) is 0 Å². The molecule has 1 aromatic carbocycles. The van der Waals surface area contributed by atoms with Crippen molar-refractivity contribution in [3.63, 3.8) is 0 Å². The van der Waals surface area contributed by atoms with E-state index in [-0.39, 0.29) is 5.75 Å². The van der Waals surface area contributed by atoms with Crippen LogP contribution in [-0.2, 0) is 15.8 Å². The van der Waals surface area contributed by atoms with E-state index in [9.17, 15) is 8.42 Å². The number of piperidine rings is 1. The molecule has 5 heteroatoms. The maximum Gasteiger partial charge on any atom is 0.218 e. The highest BCUT2D eigenvalue weighted by Gasteiger charge is 2.29. The number of hydrogen-bond acceptors (Lipinski definition) is 3. The second-order valence-electron chi connectivity index (χ2n) is 6.27. The number of sulfonamides is 1. The van der Waals surface area contributed by atoms with E-state index >= 15 is 0 Å². The second kappa shape index (κ2) is 6.46. The zero-order valence-electron chi connectivity index (χ0n) is 12.4. The highest BCUT2D eigenvalue weighted by molar-refractivity contribution is 7.88. The molecular formula is C16H24N2O2S. The monoisotopic (exact) mass is 308 g/mol. The van der Waals surface area contributed by atoms with Crippen LogP contribution >= 0.6 is 0 Å². The van der Waals surface area contributed by atoms with Gasteiger partial charge in [0.15, 0.2) is 0 Å². The van der Waals surface area contributed by atoms with Gasteiger partial charge in [-0.2, -0.15) is 0 Å². The molecule has 0 unspecified atom stereocenters. The lowest BCUT2D eigenvalue weighted by molar-refractivity contribution is 0.267. The highest BCUT2D eigenvalue weighted by atomic mass is 32.2. The average Bonchev–Trinajstić information content (AvgIpc) is 3.30. The molecule has 0 atom stereocenters. The molecule has 1 aliphatic carbocycles. The molecule has 1 N–H and O–H groups in total. The average molecular weight is 308 g/mol. The third kappa shape index (κ3) is 4.28. The van der Waals surface area contributed by atoms with Crippen molar-refractivity contribution in [3.05, 3.63) is 35.9 Å². The lowest BCUT2D eigenvalue weighted by Crippen LogP contribution is -2.41. The molecule has 116 valence electrons. The first-order valence-corrected chi connectivity index (χ1v) is 9.49. The van der Waals surface area contributed by atoms with Crippen LogP contribution in [0.2, 0.25) is 0 Å². The van der Waals surface area contributed by atoms with Crippen LogP contribution in [0.25, 0.3) is 0 Å². The Balaban J connectivity index is 1.50. The molecule has 1 aromatic rings. The molecule has 2 aliphatic rings. The summed E-state index contributed by atoms with van der Waals surface area (Å²) in [6.45, 7) is 2.40. The van der Waals surface area contributed by atoms with Crippen LogP contribution in [0.3, 0.4) is 0 Å². The summed E-state index contributed by atoms with van der Waals surface area (Å²) in [6, 6.07) is 10.2. The van der Waals surface area contributed by atoms with E-state index in [1.807, 2.05) is 30.3 Å². The minimum Gasteiger partial charge on any atom is -0.314 e. The van der Waals surface area contributed by atoms with Gasteiger partial charge >= 0.3 is 0 Å². The molecule has 0 aromatic heterocycles. The zero-order chi connectivity index (χ0) is 14.7. The lowest BCUT2D eigenvalue weighted by atomic mass is 9.98. The third-order valence-electron chi connectivity index (χ3n) is 4.43. The van der Waals surface area contributed by atoms with E-state index in [1.54, 1.807) is 4.31 Å². The van der Waals surface area contributed by atoms with Crippen molar-refractivity contribution < 1.29 is 8.42 Å². The quantitative estimate of drug-likeness (QED) is 0.874. The fourth-order valence-electron chi connectivity index (χ4n) is 2.89. The number of nitrogens with one attached hydrogen (secondary N) is 1. The van der Waals surface area contributed by atoms with Gasteiger partial charge in [0.05, 0.1) is 5.75 Å². The van der Waals surface area contributed by atoms with Crippen molar-refractivity contribution >= 4 is 10.0 Å². The summed E-state index contributed by atoms with van der Waals surface area (Å²) in [5, 5.41) is 3.55. The zero-order valence-corrected chi connectivity index (χ0v) is 13.2. The van der Waals surface area contributed by atoms with Crippen LogP contribution in [0.1, 0.15) is 31.2 Å². The van der Waals surface area contributed by atoms with Crippen LogP contribution in [0.4, 0.5) is 0 Å². The fraction of sp³-hybridized carbons (Fsp3) is 0.625. The lowest BCUT2D eigenvalue weighted by Gasteiger charge is -2.31. The first-order valence-electron chi connectivity index (χ1n) is 7.88. The Labute approximate surface area is 127 Å². The molecule has 21 heavy (non-hydrogen) atoms. The molecule has 0 spiro atoms. The first kappa shape index (κ1) is 15.0. The summed E-state index contributed by atoms with van der Waals surface area (Å²) in [6.07, 6.45) is 4.58. The minimum atomic E-state index is -3.17. The maximum atomic E-state index is 12.4. The van der Waals surface area contributed by atoms with Crippen LogP contribution in [0.15, 0.2) is 30.3 Å². The van der Waals surface area contributed by atoms with Crippen molar-refractivity contribution in [1.82, 2.24) is 9.62 Å². The summed E-state index contributed by atoms with van der Waals surface area (Å²) in [5.41, 5.74) is 0.870. The Hall–Kier alpha value is -0.910. The molecular weight excluding hydrogens is 284 g/mol. The Morgan fingerprint density at radius 3 is 2.33 bits per heavy atom. The van der Waals surface area contributed by atoms with Crippen LogP contribution < -0.4 is 5.32 Å². The molecule has 1 saturated heterocycles. The van der Waals surface area contributed by atoms with Crippen LogP contribution in [0, 0.1) is 5.92 Å². The Morgan fingerprint density at radius 1 is 1.05 bits per heavy atom. The van der Waals surface area contributed by atoms with Crippen molar-refractivity contribution in [2.45, 2.75) is 37.5 Å². The SMILES string of the molecule is O=S(=O)(Cc1ccccc1)N1CCC(CNC2CC2)CC1. The number of nitrogens with zero attached hydrogens (tertiary/aromatic N) is 1. The van der Waals surface area contributed by atoms with Gasteiger partial charge in [-0.05, 0) is 43.7 Å². The fourth-order valence-corrected chi connectivity index (χ4v) is 4.45. The minimum absolute atomic E-state index is 0.124. The van der Waals surface area contributed by atoms with Gasteiger partial charge in [-0.25, -0.2) is 12.7 Å². The van der Waals surface area contributed by atoms with Crippen molar-refractivity contribution in [2.75, 3.05) is 19.6 Å². The summed E-state index contributed by atoms with van der Waals surface area (Å²) in [4.78, 5) is 0. The predicted octanol–water partition coefficient (Wildman–Crippen LogP) is 1.98. The molecule has 2 fully saturated rings. The third-order valence-corrected chi connectivity index (χ3v) is 6.28. The van der Waals surface area contributed by atoms with Crippen LogP contribution in [-0.4, -0.2) is 38.4 Å². The molecule has 0 bridgehead atoms. The van der Waals surface area contributed by atoms with Gasteiger partial charge in [-0.3, -0.25) is 0 Å². The van der Waals surface area contributed by atoms with Gasteiger partial charge in [0.25, 0.3) is 0 Å². The maximum absolute atomic E-state index is 12.4. The van der Waals surface area contributed by atoms with Crippen molar-refractivity contribution in [3.8, 4) is 0 Å². The van der Waals surface area contributed by atoms with Gasteiger partial charge in [0.1, 0.15) is 0 Å². The van der Waals surface area contributed by atoms with Gasteiger partial charge in [-0.15, -0.1) is 0 Å². The summed E-state index contributed by atoms with van der Waals surface area (Å²) in [5.74, 6) is 0.757. The first-order chi connectivity index (χ1) is 10.1. The van der Waals surface area contributed by atoms with E-state index in [4.69, 9.17) is 0 Å². The molecule has 4 nitrogen and oxygen atoms in total. The summed E-state index contributed by atoms with van der Waals surface area (Å²) in [7, 11) is -3.17. The molecule has 0 radical (unpaired) electrons.